The lowest BCUT2D eigenvalue weighted by Crippen LogP contribution is -2.47. The molecule has 0 amide bonds. The van der Waals surface area contributed by atoms with Gasteiger partial charge in [0.2, 0.25) is 0 Å². The SMILES string of the molecule is N=C1C(=NN)CC(C(=O)O)(c2ccc(-c3ccc(C4(C(=O)O)CC(=NN)C(=N)c5ccccc54)c(C(F)(F)F)c3)cc2C(F)(F)F)c2ccccc21. The van der Waals surface area contributed by atoms with Crippen LogP contribution in [-0.2, 0) is 32.8 Å². The molecule has 266 valence electrons. The summed E-state index contributed by atoms with van der Waals surface area (Å²) < 4.78 is 89.7. The van der Waals surface area contributed by atoms with Crippen molar-refractivity contribution < 1.29 is 46.1 Å². The van der Waals surface area contributed by atoms with Gasteiger partial charge in [-0.05, 0) is 45.5 Å². The second-order valence-electron chi connectivity index (χ2n) is 12.3. The molecule has 4 aromatic rings. The van der Waals surface area contributed by atoms with Gasteiger partial charge in [0.1, 0.15) is 10.8 Å². The van der Waals surface area contributed by atoms with Crippen LogP contribution in [0.4, 0.5) is 26.3 Å². The molecule has 0 heterocycles. The van der Waals surface area contributed by atoms with Crippen LogP contribution in [0.1, 0.15) is 57.3 Å². The molecule has 2 aliphatic carbocycles. The van der Waals surface area contributed by atoms with Crippen LogP contribution >= 0.6 is 0 Å². The molecule has 0 spiro atoms. The normalized spacial score (nSPS) is 21.9. The number of fused-ring (bicyclic) bond motifs is 2. The van der Waals surface area contributed by atoms with Gasteiger partial charge in [-0.15, -0.1) is 0 Å². The number of carboxylic acid groups (broad SMARTS) is 2. The number of nitrogens with zero attached hydrogens (tertiary/aromatic N) is 2. The third kappa shape index (κ3) is 5.20. The Morgan fingerprint density at radius 1 is 0.596 bits per heavy atom. The van der Waals surface area contributed by atoms with Gasteiger partial charge in [-0.25, -0.2) is 0 Å². The number of hydrogen-bond donors (Lipinski definition) is 6. The maximum Gasteiger partial charge on any atom is 0.416 e. The van der Waals surface area contributed by atoms with Gasteiger partial charge >= 0.3 is 24.3 Å². The highest BCUT2D eigenvalue weighted by Gasteiger charge is 2.54. The van der Waals surface area contributed by atoms with Crippen molar-refractivity contribution in [3.05, 3.63) is 129 Å². The first-order chi connectivity index (χ1) is 24.4. The maximum absolute atomic E-state index is 14.9. The number of hydrogen-bond acceptors (Lipinski definition) is 8. The molecule has 0 fully saturated rings. The molecule has 8 N–H and O–H groups in total. The van der Waals surface area contributed by atoms with Crippen molar-refractivity contribution in [1.29, 1.82) is 10.8 Å². The van der Waals surface area contributed by atoms with Crippen molar-refractivity contribution >= 4 is 34.8 Å². The first kappa shape index (κ1) is 35.5. The van der Waals surface area contributed by atoms with E-state index in [1.54, 1.807) is 0 Å². The molecule has 0 aliphatic heterocycles. The van der Waals surface area contributed by atoms with Crippen molar-refractivity contribution in [2.24, 2.45) is 21.9 Å². The van der Waals surface area contributed by atoms with E-state index in [0.29, 0.717) is 12.1 Å². The number of nitrogens with one attached hydrogen (secondary N) is 2. The highest BCUT2D eigenvalue weighted by molar-refractivity contribution is 6.50. The lowest BCUT2D eigenvalue weighted by Gasteiger charge is -2.38. The number of hydrazone groups is 2. The molecule has 0 radical (unpaired) electrons. The van der Waals surface area contributed by atoms with Crippen molar-refractivity contribution in [2.45, 2.75) is 36.0 Å². The molecule has 16 heteroatoms. The number of carbonyl (C=O) groups is 2. The highest BCUT2D eigenvalue weighted by atomic mass is 19.4. The van der Waals surface area contributed by atoms with E-state index in [1.807, 2.05) is 0 Å². The molecular formula is C36H26F6N6O4. The summed E-state index contributed by atoms with van der Waals surface area (Å²) in [7, 11) is 0. The zero-order valence-corrected chi connectivity index (χ0v) is 26.5. The summed E-state index contributed by atoms with van der Waals surface area (Å²) in [6, 6.07) is 15.8. The van der Waals surface area contributed by atoms with E-state index in [9.17, 15) is 46.1 Å². The highest BCUT2D eigenvalue weighted by Crippen LogP contribution is 2.50. The molecule has 10 nitrogen and oxygen atoms in total. The van der Waals surface area contributed by atoms with E-state index in [-0.39, 0.29) is 45.1 Å². The monoisotopic (exact) mass is 720 g/mol. The average molecular weight is 721 g/mol. The fourth-order valence-corrected chi connectivity index (χ4v) is 7.30. The second kappa shape index (κ2) is 12.2. The van der Waals surface area contributed by atoms with E-state index in [4.69, 9.17) is 22.5 Å². The summed E-state index contributed by atoms with van der Waals surface area (Å²) in [5, 5.41) is 45.0. The lowest BCUT2D eigenvalue weighted by molar-refractivity contribution is -0.146. The zero-order chi connectivity index (χ0) is 38.0. The third-order valence-electron chi connectivity index (χ3n) is 9.70. The van der Waals surface area contributed by atoms with Gasteiger partial charge in [-0.3, -0.25) is 20.4 Å². The topological polar surface area (TPSA) is 199 Å². The summed E-state index contributed by atoms with van der Waals surface area (Å²) in [6.07, 6.45) is -11.9. The van der Waals surface area contributed by atoms with Crippen LogP contribution in [0.2, 0.25) is 0 Å². The quantitative estimate of drug-likeness (QED) is 0.0793. The number of aliphatic carboxylic acids is 2. The minimum absolute atomic E-state index is 0.0161. The van der Waals surface area contributed by atoms with Crippen LogP contribution in [0.15, 0.2) is 95.1 Å². The van der Waals surface area contributed by atoms with E-state index in [2.05, 4.69) is 10.2 Å². The molecule has 0 bridgehead atoms. The minimum atomic E-state index is -5.23. The van der Waals surface area contributed by atoms with Crippen molar-refractivity contribution in [3.8, 4) is 11.1 Å². The Balaban J connectivity index is 1.61. The standard InChI is InChI=1S/C36H26F6N6O4/c37-35(38,39)25-13-17(9-11-23(25)33(31(49)50)15-27(47-45)29(43)19-5-1-3-7-21(19)33)18-10-12-24(26(14-18)36(40,41)42)34(32(51)52)16-28(48-46)30(44)20-6-2-4-8-22(20)34/h1-14,43-44H,15-16,45-46H2,(H,49,50)(H,51,52). The number of nitrogens with two attached hydrogens (primary N) is 2. The Morgan fingerprint density at radius 2 is 0.942 bits per heavy atom. The van der Waals surface area contributed by atoms with Crippen LogP contribution in [-0.4, -0.2) is 45.0 Å². The van der Waals surface area contributed by atoms with Crippen molar-refractivity contribution in [2.75, 3.05) is 0 Å². The Bertz CT molecular complexity index is 2120. The van der Waals surface area contributed by atoms with E-state index in [1.165, 1.54) is 48.5 Å². The Morgan fingerprint density at radius 3 is 1.25 bits per heavy atom. The summed E-state index contributed by atoms with van der Waals surface area (Å²) in [5.74, 6) is 7.47. The fourth-order valence-electron chi connectivity index (χ4n) is 7.30. The first-order valence-corrected chi connectivity index (χ1v) is 15.2. The van der Waals surface area contributed by atoms with Crippen LogP contribution in [0.25, 0.3) is 11.1 Å². The molecule has 2 unspecified atom stereocenters. The second-order valence-corrected chi connectivity index (χ2v) is 12.3. The number of rotatable bonds is 5. The van der Waals surface area contributed by atoms with E-state index in [0.717, 1.165) is 24.3 Å². The number of halogens is 6. The molecule has 0 saturated carbocycles. The minimum Gasteiger partial charge on any atom is -0.480 e. The Labute approximate surface area is 290 Å². The molecule has 4 aromatic carbocycles. The molecule has 0 aromatic heterocycles. The van der Waals surface area contributed by atoms with Gasteiger partial charge in [0.05, 0.1) is 34.0 Å². The predicted molar refractivity (Wildman–Crippen MR) is 178 cm³/mol. The smallest absolute Gasteiger partial charge is 0.416 e. The lowest BCUT2D eigenvalue weighted by atomic mass is 9.63. The molecule has 52 heavy (non-hydrogen) atoms. The summed E-state index contributed by atoms with van der Waals surface area (Å²) in [4.78, 5) is 26.2. The molecule has 0 saturated heterocycles. The van der Waals surface area contributed by atoms with Crippen LogP contribution in [0, 0.1) is 10.8 Å². The molecule has 2 atom stereocenters. The molecule has 6 rings (SSSR count). The van der Waals surface area contributed by atoms with Crippen molar-refractivity contribution in [1.82, 2.24) is 0 Å². The van der Waals surface area contributed by atoms with E-state index >= 15 is 0 Å². The molecular weight excluding hydrogens is 694 g/mol. The van der Waals surface area contributed by atoms with Crippen LogP contribution in [0.3, 0.4) is 0 Å². The van der Waals surface area contributed by atoms with Gasteiger partial charge in [0.25, 0.3) is 0 Å². The summed E-state index contributed by atoms with van der Waals surface area (Å²) in [6.45, 7) is 0. The maximum atomic E-state index is 14.9. The number of alkyl halides is 6. The first-order valence-electron chi connectivity index (χ1n) is 15.2. The number of benzene rings is 4. The van der Waals surface area contributed by atoms with Gasteiger partial charge < -0.3 is 21.9 Å². The predicted octanol–water partition coefficient (Wildman–Crippen LogP) is 6.31. The van der Waals surface area contributed by atoms with Gasteiger partial charge in [-0.1, -0.05) is 72.8 Å². The Hall–Kier alpha value is -6.32. The van der Waals surface area contributed by atoms with Gasteiger partial charge in [0.15, 0.2) is 0 Å². The zero-order valence-electron chi connectivity index (χ0n) is 26.5. The van der Waals surface area contributed by atoms with Gasteiger partial charge in [-0.2, -0.15) is 36.5 Å². The summed E-state index contributed by atoms with van der Waals surface area (Å²) in [5.41, 5.74) is -11.6. The fraction of sp³-hybridized carbons (Fsp3) is 0.167. The number of carboxylic acids is 2. The van der Waals surface area contributed by atoms with Gasteiger partial charge in [0, 0.05) is 24.0 Å². The molecule has 2 aliphatic rings. The summed E-state index contributed by atoms with van der Waals surface area (Å²) >= 11 is 0. The largest absolute Gasteiger partial charge is 0.480 e. The third-order valence-corrected chi connectivity index (χ3v) is 9.70. The van der Waals surface area contributed by atoms with Crippen molar-refractivity contribution in [3.63, 3.8) is 0 Å². The Kier molecular flexibility index (Phi) is 8.31. The van der Waals surface area contributed by atoms with Crippen LogP contribution < -0.4 is 11.7 Å². The average Bonchev–Trinajstić information content (AvgIpc) is 3.11. The van der Waals surface area contributed by atoms with E-state index < -0.39 is 81.3 Å². The van der Waals surface area contributed by atoms with Crippen LogP contribution in [0.5, 0.6) is 0 Å².